The van der Waals surface area contributed by atoms with E-state index in [-0.39, 0.29) is 23.4 Å². The van der Waals surface area contributed by atoms with Crippen molar-refractivity contribution in [2.75, 3.05) is 0 Å². The Kier molecular flexibility index (Phi) is 2.22. The lowest BCUT2D eigenvalue weighted by Gasteiger charge is -2.27. The standard InChI is InChI=1S/C13H14O2/c1-7-4-5-8(2)12-11(7)10(14)6-9(3)13(12)15/h4-8H,1-3H3. The van der Waals surface area contributed by atoms with E-state index in [1.807, 2.05) is 26.0 Å². The summed E-state index contributed by atoms with van der Waals surface area (Å²) in [7, 11) is 0. The molecule has 0 aliphatic heterocycles. The molecule has 2 nitrogen and oxygen atoms in total. The average molecular weight is 202 g/mol. The molecule has 2 aliphatic carbocycles. The second-order valence-corrected chi connectivity index (χ2v) is 4.31. The van der Waals surface area contributed by atoms with Gasteiger partial charge in [-0.3, -0.25) is 9.59 Å². The van der Waals surface area contributed by atoms with E-state index in [0.29, 0.717) is 16.7 Å². The molecule has 0 aromatic heterocycles. The van der Waals surface area contributed by atoms with Crippen LogP contribution in [0, 0.1) is 11.8 Å². The van der Waals surface area contributed by atoms with Crippen molar-refractivity contribution in [3.05, 3.63) is 34.9 Å². The Bertz CT molecular complexity index is 435. The fourth-order valence-electron chi connectivity index (χ4n) is 2.25. The maximum absolute atomic E-state index is 11.9. The lowest BCUT2D eigenvalue weighted by molar-refractivity contribution is -0.116. The summed E-state index contributed by atoms with van der Waals surface area (Å²) >= 11 is 0. The monoisotopic (exact) mass is 202 g/mol. The molecule has 0 amide bonds. The van der Waals surface area contributed by atoms with E-state index >= 15 is 0 Å². The van der Waals surface area contributed by atoms with E-state index in [1.54, 1.807) is 6.92 Å². The van der Waals surface area contributed by atoms with E-state index in [0.717, 1.165) is 0 Å². The normalized spacial score (nSPS) is 30.5. The first-order chi connectivity index (χ1) is 7.02. The molecule has 0 spiro atoms. The molecule has 2 heteroatoms. The summed E-state index contributed by atoms with van der Waals surface area (Å²) in [6.07, 6.45) is 5.47. The van der Waals surface area contributed by atoms with Gasteiger partial charge >= 0.3 is 0 Å². The van der Waals surface area contributed by atoms with Gasteiger partial charge in [-0.2, -0.15) is 0 Å². The zero-order valence-corrected chi connectivity index (χ0v) is 9.20. The molecule has 2 rings (SSSR count). The second-order valence-electron chi connectivity index (χ2n) is 4.31. The van der Waals surface area contributed by atoms with E-state index in [1.165, 1.54) is 6.08 Å². The number of carbonyl (C=O) groups excluding carboxylic acids is 2. The Hall–Kier alpha value is -1.44. The molecule has 0 saturated carbocycles. The zero-order chi connectivity index (χ0) is 11.2. The van der Waals surface area contributed by atoms with Gasteiger partial charge < -0.3 is 0 Å². The minimum atomic E-state index is 0.00537. The second kappa shape index (κ2) is 3.30. The highest BCUT2D eigenvalue weighted by Gasteiger charge is 2.32. The number of hydrogen-bond donors (Lipinski definition) is 0. The smallest absolute Gasteiger partial charge is 0.185 e. The third-order valence-electron chi connectivity index (χ3n) is 3.11. The number of rotatable bonds is 0. The van der Waals surface area contributed by atoms with Crippen molar-refractivity contribution in [2.45, 2.75) is 20.8 Å². The Morgan fingerprint density at radius 3 is 2.13 bits per heavy atom. The average Bonchev–Trinajstić information content (AvgIpc) is 2.18. The Morgan fingerprint density at radius 2 is 1.53 bits per heavy atom. The molecule has 0 saturated heterocycles. The SMILES string of the molecule is CC1=CC(=O)C2=C(C1=O)C(C)C=CC2C. The van der Waals surface area contributed by atoms with E-state index < -0.39 is 0 Å². The highest BCUT2D eigenvalue weighted by molar-refractivity contribution is 6.23. The zero-order valence-electron chi connectivity index (χ0n) is 9.20. The van der Waals surface area contributed by atoms with Gasteiger partial charge in [-0.25, -0.2) is 0 Å². The molecule has 2 aliphatic rings. The Morgan fingerprint density at radius 1 is 1.00 bits per heavy atom. The quantitative estimate of drug-likeness (QED) is 0.446. The van der Waals surface area contributed by atoms with E-state index in [2.05, 4.69) is 0 Å². The molecule has 0 aromatic carbocycles. The summed E-state index contributed by atoms with van der Waals surface area (Å²) in [5, 5.41) is 0. The van der Waals surface area contributed by atoms with Gasteiger partial charge in [0, 0.05) is 28.6 Å². The number of ketones is 2. The van der Waals surface area contributed by atoms with Gasteiger partial charge in [-0.1, -0.05) is 26.0 Å². The number of allylic oxidation sites excluding steroid dienone is 6. The molecule has 2 atom stereocenters. The third-order valence-corrected chi connectivity index (χ3v) is 3.11. The van der Waals surface area contributed by atoms with Crippen molar-refractivity contribution in [1.82, 2.24) is 0 Å². The summed E-state index contributed by atoms with van der Waals surface area (Å²) in [5.74, 6) is 0.174. The van der Waals surface area contributed by atoms with Gasteiger partial charge in [0.2, 0.25) is 0 Å². The molecule has 0 fully saturated rings. The van der Waals surface area contributed by atoms with Gasteiger partial charge in [0.25, 0.3) is 0 Å². The van der Waals surface area contributed by atoms with Crippen molar-refractivity contribution in [3.63, 3.8) is 0 Å². The highest BCUT2D eigenvalue weighted by Crippen LogP contribution is 2.34. The number of carbonyl (C=O) groups is 2. The fraction of sp³-hybridized carbons (Fsp3) is 0.385. The molecule has 0 N–H and O–H groups in total. The first kappa shape index (κ1) is 10.1. The van der Waals surface area contributed by atoms with Crippen LogP contribution in [-0.2, 0) is 9.59 Å². The van der Waals surface area contributed by atoms with Gasteiger partial charge in [0.1, 0.15) is 0 Å². The summed E-state index contributed by atoms with van der Waals surface area (Å²) in [6, 6.07) is 0. The molecule has 2 unspecified atom stereocenters. The van der Waals surface area contributed by atoms with Gasteiger partial charge in [-0.15, -0.1) is 0 Å². The van der Waals surface area contributed by atoms with E-state index in [4.69, 9.17) is 0 Å². The maximum Gasteiger partial charge on any atom is 0.185 e. The predicted octanol–water partition coefficient (Wildman–Crippen LogP) is 2.22. The summed E-state index contributed by atoms with van der Waals surface area (Å²) < 4.78 is 0. The molecule has 0 aromatic rings. The molecule has 0 heterocycles. The molecule has 0 bridgehead atoms. The molecule has 0 radical (unpaired) electrons. The fourth-order valence-corrected chi connectivity index (χ4v) is 2.25. The Balaban J connectivity index is 2.57. The van der Waals surface area contributed by atoms with E-state index in [9.17, 15) is 9.59 Å². The van der Waals surface area contributed by atoms with Crippen molar-refractivity contribution in [1.29, 1.82) is 0 Å². The largest absolute Gasteiger partial charge is 0.290 e. The Labute approximate surface area is 89.4 Å². The van der Waals surface area contributed by atoms with Crippen molar-refractivity contribution < 1.29 is 9.59 Å². The van der Waals surface area contributed by atoms with Crippen molar-refractivity contribution in [2.24, 2.45) is 11.8 Å². The van der Waals surface area contributed by atoms with Crippen LogP contribution in [0.2, 0.25) is 0 Å². The third kappa shape index (κ3) is 1.41. The highest BCUT2D eigenvalue weighted by atomic mass is 16.1. The lowest BCUT2D eigenvalue weighted by Crippen LogP contribution is -2.27. The van der Waals surface area contributed by atoms with Crippen LogP contribution in [0.4, 0.5) is 0 Å². The minimum Gasteiger partial charge on any atom is -0.290 e. The first-order valence-corrected chi connectivity index (χ1v) is 5.22. The molecule has 78 valence electrons. The van der Waals surface area contributed by atoms with Crippen molar-refractivity contribution >= 4 is 11.6 Å². The van der Waals surface area contributed by atoms with Crippen LogP contribution in [0.3, 0.4) is 0 Å². The van der Waals surface area contributed by atoms with Crippen LogP contribution in [0.5, 0.6) is 0 Å². The minimum absolute atomic E-state index is 0.00537. The van der Waals surface area contributed by atoms with Crippen LogP contribution < -0.4 is 0 Å². The van der Waals surface area contributed by atoms with Crippen LogP contribution in [0.15, 0.2) is 34.9 Å². The van der Waals surface area contributed by atoms with Gasteiger partial charge in [0.15, 0.2) is 11.6 Å². The number of Topliss-reactive ketones (excluding diaryl/α,β-unsaturated/α-hetero) is 1. The lowest BCUT2D eigenvalue weighted by atomic mass is 9.75. The molecule has 15 heavy (non-hydrogen) atoms. The summed E-state index contributed by atoms with van der Waals surface area (Å²) in [5.41, 5.74) is 1.96. The topological polar surface area (TPSA) is 34.1 Å². The molecular weight excluding hydrogens is 188 g/mol. The van der Waals surface area contributed by atoms with Crippen LogP contribution in [-0.4, -0.2) is 11.6 Å². The van der Waals surface area contributed by atoms with Gasteiger partial charge in [0.05, 0.1) is 0 Å². The maximum atomic E-state index is 11.9. The number of hydrogen-bond acceptors (Lipinski definition) is 2. The first-order valence-electron chi connectivity index (χ1n) is 5.22. The molecular formula is C13H14O2. The van der Waals surface area contributed by atoms with Crippen LogP contribution in [0.1, 0.15) is 20.8 Å². The van der Waals surface area contributed by atoms with Crippen LogP contribution in [0.25, 0.3) is 0 Å². The van der Waals surface area contributed by atoms with Gasteiger partial charge in [-0.05, 0) is 13.0 Å². The van der Waals surface area contributed by atoms with Crippen molar-refractivity contribution in [3.8, 4) is 0 Å². The summed E-state index contributed by atoms with van der Waals surface area (Å²) in [4.78, 5) is 23.8. The summed E-state index contributed by atoms with van der Waals surface area (Å²) in [6.45, 7) is 5.62. The predicted molar refractivity (Wildman–Crippen MR) is 58.3 cm³/mol. The van der Waals surface area contributed by atoms with Crippen LogP contribution >= 0.6 is 0 Å².